The van der Waals surface area contributed by atoms with E-state index in [4.69, 9.17) is 23.2 Å². The average molecular weight is 299 g/mol. The number of carbonyl (C=O) groups is 1. The summed E-state index contributed by atoms with van der Waals surface area (Å²) in [5.41, 5.74) is 1.01. The molecule has 0 atom stereocenters. The molecule has 0 radical (unpaired) electrons. The number of rotatable bonds is 4. The predicted octanol–water partition coefficient (Wildman–Crippen LogP) is 3.82. The highest BCUT2D eigenvalue weighted by Gasteiger charge is 2.08. The van der Waals surface area contributed by atoms with Crippen LogP contribution in [0.1, 0.15) is 12.8 Å². The Labute approximate surface area is 122 Å². The van der Waals surface area contributed by atoms with Crippen molar-refractivity contribution in [2.75, 3.05) is 14.1 Å². The van der Waals surface area contributed by atoms with Crippen molar-refractivity contribution in [2.45, 2.75) is 19.4 Å². The SMILES string of the molecule is CN(C)C(=O)CCCn1ccc2c(Cl)cc(Cl)cc21. The lowest BCUT2D eigenvalue weighted by atomic mass is 10.2. The molecule has 0 fully saturated rings. The van der Waals surface area contributed by atoms with Crippen LogP contribution in [-0.4, -0.2) is 29.5 Å². The molecule has 102 valence electrons. The van der Waals surface area contributed by atoms with Crippen LogP contribution in [0.15, 0.2) is 24.4 Å². The number of nitrogens with zero attached hydrogens (tertiary/aromatic N) is 2. The van der Waals surface area contributed by atoms with Crippen molar-refractivity contribution < 1.29 is 4.79 Å². The fourth-order valence-corrected chi connectivity index (χ4v) is 2.58. The van der Waals surface area contributed by atoms with Gasteiger partial charge in [-0.25, -0.2) is 0 Å². The van der Waals surface area contributed by atoms with Crippen LogP contribution in [-0.2, 0) is 11.3 Å². The molecule has 1 heterocycles. The summed E-state index contributed by atoms with van der Waals surface area (Å²) in [5, 5.41) is 2.28. The number of aryl methyl sites for hydroxylation is 1. The van der Waals surface area contributed by atoms with Crippen LogP contribution in [0, 0.1) is 0 Å². The second-order valence-electron chi connectivity index (χ2n) is 4.72. The van der Waals surface area contributed by atoms with Crippen molar-refractivity contribution in [3.8, 4) is 0 Å². The highest BCUT2D eigenvalue weighted by Crippen LogP contribution is 2.28. The highest BCUT2D eigenvalue weighted by molar-refractivity contribution is 6.38. The monoisotopic (exact) mass is 298 g/mol. The maximum atomic E-state index is 11.5. The zero-order valence-electron chi connectivity index (χ0n) is 11.0. The topological polar surface area (TPSA) is 25.2 Å². The Morgan fingerprint density at radius 1 is 1.32 bits per heavy atom. The largest absolute Gasteiger partial charge is 0.349 e. The average Bonchev–Trinajstić information content (AvgIpc) is 2.72. The van der Waals surface area contributed by atoms with E-state index in [-0.39, 0.29) is 5.91 Å². The molecule has 0 saturated heterocycles. The third kappa shape index (κ3) is 3.23. The first-order valence-electron chi connectivity index (χ1n) is 6.13. The van der Waals surface area contributed by atoms with Crippen molar-refractivity contribution in [3.05, 3.63) is 34.4 Å². The number of aromatic nitrogens is 1. The molecule has 1 amide bonds. The number of amides is 1. The zero-order chi connectivity index (χ0) is 14.0. The maximum absolute atomic E-state index is 11.5. The van der Waals surface area contributed by atoms with Crippen LogP contribution in [0.3, 0.4) is 0 Å². The van der Waals surface area contributed by atoms with Crippen LogP contribution in [0.5, 0.6) is 0 Å². The van der Waals surface area contributed by atoms with Crippen LogP contribution in [0.25, 0.3) is 10.9 Å². The minimum Gasteiger partial charge on any atom is -0.349 e. The number of hydrogen-bond acceptors (Lipinski definition) is 1. The fourth-order valence-electron chi connectivity index (χ4n) is 2.04. The molecule has 1 aromatic heterocycles. The summed E-state index contributed by atoms with van der Waals surface area (Å²) in [6.45, 7) is 0.778. The Morgan fingerprint density at radius 2 is 2.05 bits per heavy atom. The van der Waals surface area contributed by atoms with Gasteiger partial charge < -0.3 is 9.47 Å². The van der Waals surface area contributed by atoms with Gasteiger partial charge in [0.05, 0.1) is 10.5 Å². The molecule has 0 N–H and O–H groups in total. The lowest BCUT2D eigenvalue weighted by Crippen LogP contribution is -2.21. The van der Waals surface area contributed by atoms with E-state index in [9.17, 15) is 4.79 Å². The summed E-state index contributed by atoms with van der Waals surface area (Å²) in [6.07, 6.45) is 3.32. The Hall–Kier alpha value is -1.19. The van der Waals surface area contributed by atoms with E-state index >= 15 is 0 Å². The summed E-state index contributed by atoms with van der Waals surface area (Å²) in [5.74, 6) is 0.146. The molecule has 2 aromatic rings. The molecule has 1 aromatic carbocycles. The maximum Gasteiger partial charge on any atom is 0.222 e. The number of benzene rings is 1. The lowest BCUT2D eigenvalue weighted by molar-refractivity contribution is -0.128. The van der Waals surface area contributed by atoms with Crippen LogP contribution in [0.4, 0.5) is 0 Å². The summed E-state index contributed by atoms with van der Waals surface area (Å²) >= 11 is 12.2. The van der Waals surface area contributed by atoms with E-state index in [1.165, 1.54) is 0 Å². The quantitative estimate of drug-likeness (QED) is 0.842. The summed E-state index contributed by atoms with van der Waals surface area (Å²) in [4.78, 5) is 13.1. The highest BCUT2D eigenvalue weighted by atomic mass is 35.5. The van der Waals surface area contributed by atoms with Gasteiger partial charge in [-0.2, -0.15) is 0 Å². The zero-order valence-corrected chi connectivity index (χ0v) is 12.5. The van der Waals surface area contributed by atoms with Crippen LogP contribution >= 0.6 is 23.2 Å². The molecule has 0 unspecified atom stereocenters. The van der Waals surface area contributed by atoms with Crippen molar-refractivity contribution >= 4 is 40.0 Å². The van der Waals surface area contributed by atoms with Gasteiger partial charge in [-0.1, -0.05) is 23.2 Å². The fraction of sp³-hybridized carbons (Fsp3) is 0.357. The molecule has 0 spiro atoms. The third-order valence-corrected chi connectivity index (χ3v) is 3.62. The molecule has 0 bridgehead atoms. The minimum atomic E-state index is 0.146. The van der Waals surface area contributed by atoms with Gasteiger partial charge >= 0.3 is 0 Å². The van der Waals surface area contributed by atoms with E-state index in [1.807, 2.05) is 18.3 Å². The van der Waals surface area contributed by atoms with E-state index in [0.717, 1.165) is 23.9 Å². The Morgan fingerprint density at radius 3 is 2.74 bits per heavy atom. The number of halogens is 2. The second-order valence-corrected chi connectivity index (χ2v) is 5.56. The number of hydrogen-bond donors (Lipinski definition) is 0. The van der Waals surface area contributed by atoms with E-state index in [0.29, 0.717) is 16.5 Å². The first-order valence-corrected chi connectivity index (χ1v) is 6.88. The lowest BCUT2D eigenvalue weighted by Gasteiger charge is -2.10. The molecular formula is C14H16Cl2N2O. The standard InChI is InChI=1S/C14H16Cl2N2O/c1-17(2)14(19)4-3-6-18-7-5-11-12(16)8-10(15)9-13(11)18/h5,7-9H,3-4,6H2,1-2H3. The van der Waals surface area contributed by atoms with Crippen LogP contribution in [0.2, 0.25) is 10.0 Å². The number of fused-ring (bicyclic) bond motifs is 1. The summed E-state index contributed by atoms with van der Waals surface area (Å²) in [6, 6.07) is 5.61. The van der Waals surface area contributed by atoms with Gasteiger partial charge in [0, 0.05) is 43.7 Å². The third-order valence-electron chi connectivity index (χ3n) is 3.09. The van der Waals surface area contributed by atoms with Gasteiger partial charge in [-0.15, -0.1) is 0 Å². The van der Waals surface area contributed by atoms with E-state index < -0.39 is 0 Å². The van der Waals surface area contributed by atoms with Gasteiger partial charge in [0.2, 0.25) is 5.91 Å². The first kappa shape index (κ1) is 14.2. The molecule has 2 rings (SSSR count). The molecule has 0 aliphatic carbocycles. The molecule has 5 heteroatoms. The van der Waals surface area contributed by atoms with Gasteiger partial charge in [-0.05, 0) is 24.6 Å². The predicted molar refractivity (Wildman–Crippen MR) is 79.9 cm³/mol. The van der Waals surface area contributed by atoms with Crippen molar-refractivity contribution in [1.82, 2.24) is 9.47 Å². The van der Waals surface area contributed by atoms with E-state index in [2.05, 4.69) is 4.57 Å². The Balaban J connectivity index is 2.11. The molecule has 3 nitrogen and oxygen atoms in total. The van der Waals surface area contributed by atoms with Crippen molar-refractivity contribution in [2.24, 2.45) is 0 Å². The normalized spacial score (nSPS) is 10.9. The van der Waals surface area contributed by atoms with Gasteiger partial charge in [-0.3, -0.25) is 4.79 Å². The molecule has 0 aliphatic rings. The molecular weight excluding hydrogens is 283 g/mol. The minimum absolute atomic E-state index is 0.146. The second kappa shape index (κ2) is 5.85. The first-order chi connectivity index (χ1) is 8.99. The van der Waals surface area contributed by atoms with Crippen molar-refractivity contribution in [1.29, 1.82) is 0 Å². The van der Waals surface area contributed by atoms with Gasteiger partial charge in [0.25, 0.3) is 0 Å². The van der Waals surface area contributed by atoms with E-state index in [1.54, 1.807) is 25.1 Å². The number of carbonyl (C=O) groups excluding carboxylic acids is 1. The summed E-state index contributed by atoms with van der Waals surface area (Å²) < 4.78 is 2.08. The summed E-state index contributed by atoms with van der Waals surface area (Å²) in [7, 11) is 3.54. The van der Waals surface area contributed by atoms with Crippen molar-refractivity contribution in [3.63, 3.8) is 0 Å². The molecule has 0 aliphatic heterocycles. The van der Waals surface area contributed by atoms with Gasteiger partial charge in [0.1, 0.15) is 0 Å². The van der Waals surface area contributed by atoms with Crippen LogP contribution < -0.4 is 0 Å². The molecule has 0 saturated carbocycles. The Bertz CT molecular complexity index is 605. The van der Waals surface area contributed by atoms with Gasteiger partial charge in [0.15, 0.2) is 0 Å². The Kier molecular flexibility index (Phi) is 4.38. The molecule has 19 heavy (non-hydrogen) atoms. The smallest absolute Gasteiger partial charge is 0.222 e.